The number of nitrogens with one attached hydrogen (secondary N) is 1. The van der Waals surface area contributed by atoms with Crippen LogP contribution in [0, 0.1) is 17.7 Å². The number of amides is 1. The minimum absolute atomic E-state index is 0.301. The second-order valence-corrected chi connectivity index (χ2v) is 7.00. The van der Waals surface area contributed by atoms with Gasteiger partial charge in [-0.2, -0.15) is 0 Å². The van der Waals surface area contributed by atoms with E-state index in [4.69, 9.17) is 16.3 Å². The molecule has 1 amide bonds. The largest absolute Gasteiger partial charge is 0.444 e. The van der Waals surface area contributed by atoms with Crippen molar-refractivity contribution in [2.24, 2.45) is 0 Å². The zero-order valence-corrected chi connectivity index (χ0v) is 15.7. The van der Waals surface area contributed by atoms with Crippen LogP contribution in [0.5, 0.6) is 0 Å². The van der Waals surface area contributed by atoms with Crippen LogP contribution < -0.4 is 5.32 Å². The third kappa shape index (κ3) is 6.73. The lowest BCUT2D eigenvalue weighted by atomic mass is 10.2. The zero-order chi connectivity index (χ0) is 19.2. The highest BCUT2D eigenvalue weighted by Crippen LogP contribution is 2.15. The molecule has 0 atom stereocenters. The Morgan fingerprint density at radius 1 is 1.23 bits per heavy atom. The van der Waals surface area contributed by atoms with E-state index in [0.717, 1.165) is 0 Å². The van der Waals surface area contributed by atoms with E-state index in [1.807, 2.05) is 0 Å². The van der Waals surface area contributed by atoms with E-state index in [-0.39, 0.29) is 5.82 Å². The van der Waals surface area contributed by atoms with Crippen LogP contribution in [0.1, 0.15) is 37.6 Å². The number of pyridine rings is 1. The molecule has 2 aromatic rings. The van der Waals surface area contributed by atoms with Gasteiger partial charge in [-0.1, -0.05) is 23.4 Å². The van der Waals surface area contributed by atoms with Crippen molar-refractivity contribution in [3.63, 3.8) is 0 Å². The summed E-state index contributed by atoms with van der Waals surface area (Å²) in [6.45, 7) is 5.77. The minimum atomic E-state index is -0.537. The molecule has 1 aromatic heterocycles. The summed E-state index contributed by atoms with van der Waals surface area (Å²) in [5.41, 5.74) is 1.48. The highest BCUT2D eigenvalue weighted by atomic mass is 35.5. The normalized spacial score (nSPS) is 10.7. The summed E-state index contributed by atoms with van der Waals surface area (Å²) in [7, 11) is 0. The van der Waals surface area contributed by atoms with Crippen molar-refractivity contribution in [3.05, 3.63) is 64.2 Å². The highest BCUT2D eigenvalue weighted by Gasteiger charge is 2.15. The molecule has 0 spiro atoms. The lowest BCUT2D eigenvalue weighted by molar-refractivity contribution is 0.0528. The SMILES string of the molecule is CC(C)(C)OC(=O)NCCc1ncc(C#Cc2ccc(F)cc2)cc1Cl. The van der Waals surface area contributed by atoms with Gasteiger partial charge in [0.15, 0.2) is 0 Å². The van der Waals surface area contributed by atoms with Gasteiger partial charge in [-0.3, -0.25) is 4.98 Å². The van der Waals surface area contributed by atoms with E-state index in [1.165, 1.54) is 12.1 Å². The number of halogens is 2. The first-order valence-electron chi connectivity index (χ1n) is 8.12. The number of alkyl carbamates (subject to hydrolysis) is 1. The summed E-state index contributed by atoms with van der Waals surface area (Å²) in [6.07, 6.45) is 1.62. The summed E-state index contributed by atoms with van der Waals surface area (Å²) in [4.78, 5) is 15.9. The van der Waals surface area contributed by atoms with Crippen LogP contribution in [-0.2, 0) is 11.2 Å². The van der Waals surface area contributed by atoms with Gasteiger partial charge in [-0.15, -0.1) is 0 Å². The molecule has 0 aliphatic heterocycles. The second-order valence-electron chi connectivity index (χ2n) is 6.59. The lowest BCUT2D eigenvalue weighted by Gasteiger charge is -2.19. The molecule has 0 bridgehead atoms. The number of rotatable bonds is 3. The average Bonchev–Trinajstić information content (AvgIpc) is 2.54. The van der Waals surface area contributed by atoms with Crippen LogP contribution in [0.3, 0.4) is 0 Å². The van der Waals surface area contributed by atoms with Crippen molar-refractivity contribution in [1.29, 1.82) is 0 Å². The number of carbonyl (C=O) groups is 1. The molecule has 1 heterocycles. The third-order valence-electron chi connectivity index (χ3n) is 3.14. The first kappa shape index (κ1) is 19.7. The number of hydrogen-bond donors (Lipinski definition) is 1. The average molecular weight is 375 g/mol. The Labute approximate surface area is 157 Å². The molecule has 2 rings (SSSR count). The number of benzene rings is 1. The molecule has 0 unspecified atom stereocenters. The molecule has 136 valence electrons. The van der Waals surface area contributed by atoms with Gasteiger partial charge in [-0.05, 0) is 51.1 Å². The molecule has 0 fully saturated rings. The van der Waals surface area contributed by atoms with Gasteiger partial charge in [0.25, 0.3) is 0 Å². The maximum Gasteiger partial charge on any atom is 0.407 e. The van der Waals surface area contributed by atoms with Crippen LogP contribution in [0.2, 0.25) is 5.02 Å². The van der Waals surface area contributed by atoms with Crippen molar-refractivity contribution in [2.45, 2.75) is 32.8 Å². The molecule has 4 nitrogen and oxygen atoms in total. The van der Waals surface area contributed by atoms with E-state index in [0.29, 0.717) is 34.8 Å². The molecule has 6 heteroatoms. The molecule has 0 aliphatic carbocycles. The van der Waals surface area contributed by atoms with Crippen molar-refractivity contribution >= 4 is 17.7 Å². The highest BCUT2D eigenvalue weighted by molar-refractivity contribution is 6.31. The monoisotopic (exact) mass is 374 g/mol. The number of aromatic nitrogens is 1. The van der Waals surface area contributed by atoms with Crippen LogP contribution >= 0.6 is 11.6 Å². The van der Waals surface area contributed by atoms with Gasteiger partial charge in [0, 0.05) is 30.3 Å². The number of hydrogen-bond acceptors (Lipinski definition) is 3. The second kappa shape index (κ2) is 8.68. The first-order chi connectivity index (χ1) is 12.2. The Morgan fingerprint density at radius 3 is 2.50 bits per heavy atom. The Kier molecular flexibility index (Phi) is 6.59. The Morgan fingerprint density at radius 2 is 1.88 bits per heavy atom. The first-order valence-corrected chi connectivity index (χ1v) is 8.49. The van der Waals surface area contributed by atoms with Crippen LogP contribution in [0.4, 0.5) is 9.18 Å². The molecule has 0 radical (unpaired) electrons. The molecule has 1 N–H and O–H groups in total. The smallest absolute Gasteiger partial charge is 0.407 e. The molecule has 26 heavy (non-hydrogen) atoms. The fraction of sp³-hybridized carbons (Fsp3) is 0.300. The predicted octanol–water partition coefficient (Wildman–Crippen LogP) is 4.34. The van der Waals surface area contributed by atoms with Gasteiger partial charge in [0.1, 0.15) is 11.4 Å². The quantitative estimate of drug-likeness (QED) is 0.813. The van der Waals surface area contributed by atoms with Crippen LogP contribution in [0.25, 0.3) is 0 Å². The molecule has 0 saturated heterocycles. The number of ether oxygens (including phenoxy) is 1. The van der Waals surface area contributed by atoms with Gasteiger partial charge >= 0.3 is 6.09 Å². The molecule has 1 aromatic carbocycles. The minimum Gasteiger partial charge on any atom is -0.444 e. The summed E-state index contributed by atoms with van der Waals surface area (Å²) in [6, 6.07) is 7.64. The lowest BCUT2D eigenvalue weighted by Crippen LogP contribution is -2.33. The molecule has 0 saturated carbocycles. The zero-order valence-electron chi connectivity index (χ0n) is 14.9. The Balaban J connectivity index is 1.93. The van der Waals surface area contributed by atoms with Gasteiger partial charge < -0.3 is 10.1 Å². The maximum atomic E-state index is 12.9. The van der Waals surface area contributed by atoms with E-state index in [1.54, 1.807) is 45.2 Å². The van der Waals surface area contributed by atoms with Gasteiger partial charge in [0.05, 0.1) is 10.7 Å². The molecular weight excluding hydrogens is 355 g/mol. The topological polar surface area (TPSA) is 51.2 Å². The summed E-state index contributed by atoms with van der Waals surface area (Å²) >= 11 is 6.23. The maximum absolute atomic E-state index is 12.9. The van der Waals surface area contributed by atoms with Crippen LogP contribution in [-0.4, -0.2) is 23.2 Å². The summed E-state index contributed by atoms with van der Waals surface area (Å²) in [5, 5.41) is 3.14. The summed E-state index contributed by atoms with van der Waals surface area (Å²) in [5.74, 6) is 5.56. The van der Waals surface area contributed by atoms with E-state index in [9.17, 15) is 9.18 Å². The van der Waals surface area contributed by atoms with Crippen molar-refractivity contribution in [3.8, 4) is 11.8 Å². The number of nitrogens with zero attached hydrogens (tertiary/aromatic N) is 1. The fourth-order valence-corrected chi connectivity index (χ4v) is 2.25. The van der Waals surface area contributed by atoms with Crippen molar-refractivity contribution in [2.75, 3.05) is 6.54 Å². The van der Waals surface area contributed by atoms with Crippen molar-refractivity contribution < 1.29 is 13.9 Å². The van der Waals surface area contributed by atoms with E-state index >= 15 is 0 Å². The van der Waals surface area contributed by atoms with E-state index < -0.39 is 11.7 Å². The van der Waals surface area contributed by atoms with Gasteiger partial charge in [0.2, 0.25) is 0 Å². The fourth-order valence-electron chi connectivity index (χ4n) is 1.99. The van der Waals surface area contributed by atoms with Crippen molar-refractivity contribution in [1.82, 2.24) is 10.3 Å². The Bertz CT molecular complexity index is 834. The van der Waals surface area contributed by atoms with Gasteiger partial charge in [-0.25, -0.2) is 9.18 Å². The number of carbonyl (C=O) groups excluding carboxylic acids is 1. The molecule has 0 aliphatic rings. The summed E-state index contributed by atoms with van der Waals surface area (Å²) < 4.78 is 18.0. The van der Waals surface area contributed by atoms with Crippen LogP contribution in [0.15, 0.2) is 36.5 Å². The standard InChI is InChI=1S/C20H20ClFN2O2/c1-20(2,3)26-19(25)23-11-10-18-17(21)12-15(13-24-18)5-4-14-6-8-16(22)9-7-14/h6-9,12-13H,10-11H2,1-3H3,(H,23,25). The van der Waals surface area contributed by atoms with E-state index in [2.05, 4.69) is 22.1 Å². The predicted molar refractivity (Wildman–Crippen MR) is 99.6 cm³/mol. The Hall–Kier alpha value is -2.58. The third-order valence-corrected chi connectivity index (χ3v) is 3.47. The molecular formula is C20H20ClFN2O2.